The van der Waals surface area contributed by atoms with Gasteiger partial charge in [-0.2, -0.15) is 0 Å². The third kappa shape index (κ3) is 6.96. The number of H-pyrrole nitrogens is 1. The predicted molar refractivity (Wildman–Crippen MR) is 128 cm³/mol. The lowest BCUT2D eigenvalue weighted by molar-refractivity contribution is 0.102. The van der Waals surface area contributed by atoms with Crippen LogP contribution in [0, 0.1) is 6.92 Å². The lowest BCUT2D eigenvalue weighted by Gasteiger charge is -2.03. The van der Waals surface area contributed by atoms with Gasteiger partial charge in [0.05, 0.1) is 0 Å². The molecule has 1 amide bonds. The zero-order valence-electron chi connectivity index (χ0n) is 17.7. The number of unbranched alkanes of at least 4 members (excludes halogenated alkanes) is 6. The first kappa shape index (κ1) is 24.1. The molecular formula is C23H31ClN4OS. The third-order valence-corrected chi connectivity index (χ3v) is 5.66. The first-order valence-electron chi connectivity index (χ1n) is 10.5. The van der Waals surface area contributed by atoms with Gasteiger partial charge in [-0.25, -0.2) is 9.97 Å². The van der Waals surface area contributed by atoms with Crippen LogP contribution in [0.15, 0.2) is 35.8 Å². The van der Waals surface area contributed by atoms with Crippen LogP contribution in [-0.4, -0.2) is 20.9 Å². The Kier molecular flexibility index (Phi) is 10.0. The van der Waals surface area contributed by atoms with Crippen LogP contribution in [0.1, 0.15) is 73.7 Å². The van der Waals surface area contributed by atoms with Crippen LogP contribution in [0.3, 0.4) is 0 Å². The van der Waals surface area contributed by atoms with Crippen LogP contribution in [0.5, 0.6) is 0 Å². The average Bonchev–Trinajstić information content (AvgIpc) is 3.38. The molecule has 0 saturated heterocycles. The summed E-state index contributed by atoms with van der Waals surface area (Å²) in [5.41, 5.74) is 3.34. The van der Waals surface area contributed by atoms with Crippen molar-refractivity contribution in [2.24, 2.45) is 0 Å². The maximum absolute atomic E-state index is 12.8. The van der Waals surface area contributed by atoms with Crippen molar-refractivity contribution < 1.29 is 4.79 Å². The van der Waals surface area contributed by atoms with E-state index >= 15 is 0 Å². The molecule has 162 valence electrons. The summed E-state index contributed by atoms with van der Waals surface area (Å²) in [7, 11) is 0. The van der Waals surface area contributed by atoms with E-state index < -0.39 is 0 Å². The van der Waals surface area contributed by atoms with E-state index in [-0.39, 0.29) is 18.3 Å². The number of halogens is 1. The molecule has 2 aromatic heterocycles. The molecule has 2 N–H and O–H groups in total. The Hall–Kier alpha value is -2.18. The van der Waals surface area contributed by atoms with E-state index in [2.05, 4.69) is 29.1 Å². The summed E-state index contributed by atoms with van der Waals surface area (Å²) in [6.07, 6.45) is 11.3. The number of aryl methyl sites for hydroxylation is 2. The molecule has 0 aliphatic rings. The fraction of sp³-hybridized carbons (Fsp3) is 0.435. The summed E-state index contributed by atoms with van der Waals surface area (Å²) >= 11 is 1.40. The molecule has 5 nitrogen and oxygen atoms in total. The Morgan fingerprint density at radius 1 is 1.07 bits per heavy atom. The smallest absolute Gasteiger partial charge is 0.276 e. The first-order chi connectivity index (χ1) is 14.2. The van der Waals surface area contributed by atoms with E-state index in [0.29, 0.717) is 16.5 Å². The first-order valence-corrected chi connectivity index (χ1v) is 11.4. The Morgan fingerprint density at radius 2 is 1.77 bits per heavy atom. The minimum atomic E-state index is -0.200. The number of carbonyl (C=O) groups is 1. The molecule has 2 heterocycles. The van der Waals surface area contributed by atoms with E-state index in [1.165, 1.54) is 55.4 Å². The van der Waals surface area contributed by atoms with Gasteiger partial charge in [0.1, 0.15) is 17.2 Å². The molecule has 0 aliphatic carbocycles. The Balaban J connectivity index is 0.00000320. The third-order valence-electron chi connectivity index (χ3n) is 4.97. The van der Waals surface area contributed by atoms with Crippen LogP contribution in [0.2, 0.25) is 0 Å². The molecule has 0 fully saturated rings. The van der Waals surface area contributed by atoms with Gasteiger partial charge in [-0.1, -0.05) is 75.3 Å². The fourth-order valence-electron chi connectivity index (χ4n) is 3.32. The van der Waals surface area contributed by atoms with Crippen LogP contribution in [-0.2, 0) is 6.42 Å². The number of imidazole rings is 1. The number of aromatic amines is 1. The largest absolute Gasteiger partial charge is 0.337 e. The Bertz CT molecular complexity index is 891. The summed E-state index contributed by atoms with van der Waals surface area (Å²) in [6.45, 7) is 4.29. The van der Waals surface area contributed by atoms with Gasteiger partial charge in [-0.15, -0.1) is 23.7 Å². The molecular weight excluding hydrogens is 416 g/mol. The standard InChI is InChI=1S/C23H30N4OS.ClH/c1-3-4-5-6-7-8-9-10-19-25-20(18-13-11-17(2)12-14-18)21(26-19)22(28)27-23-24-15-16-29-23;/h11-16H,3-10H2,1-2H3,(H,25,26)(H,24,27,28);1H. The van der Waals surface area contributed by atoms with E-state index in [1.807, 2.05) is 29.6 Å². The topological polar surface area (TPSA) is 70.7 Å². The van der Waals surface area contributed by atoms with Crippen molar-refractivity contribution >= 4 is 34.8 Å². The summed E-state index contributed by atoms with van der Waals surface area (Å²) in [5.74, 6) is 0.673. The van der Waals surface area contributed by atoms with E-state index in [9.17, 15) is 4.79 Å². The highest BCUT2D eigenvalue weighted by Crippen LogP contribution is 2.24. The summed E-state index contributed by atoms with van der Waals surface area (Å²) < 4.78 is 0. The molecule has 0 atom stereocenters. The second kappa shape index (κ2) is 12.5. The number of anilines is 1. The maximum atomic E-state index is 12.8. The molecule has 0 saturated carbocycles. The monoisotopic (exact) mass is 446 g/mol. The van der Waals surface area contributed by atoms with Crippen molar-refractivity contribution in [2.75, 3.05) is 5.32 Å². The highest BCUT2D eigenvalue weighted by atomic mass is 35.5. The Labute approximate surface area is 189 Å². The van der Waals surface area contributed by atoms with Crippen LogP contribution in [0.25, 0.3) is 11.3 Å². The molecule has 0 radical (unpaired) electrons. The predicted octanol–water partition coefficient (Wildman–Crippen LogP) is 6.81. The highest BCUT2D eigenvalue weighted by Gasteiger charge is 2.19. The van der Waals surface area contributed by atoms with Gasteiger partial charge in [0.15, 0.2) is 5.13 Å². The van der Waals surface area contributed by atoms with Gasteiger partial charge in [0.25, 0.3) is 5.91 Å². The zero-order valence-corrected chi connectivity index (χ0v) is 19.4. The average molecular weight is 447 g/mol. The number of thiazole rings is 1. The molecule has 1 aromatic carbocycles. The molecule has 3 aromatic rings. The van der Waals surface area contributed by atoms with Crippen molar-refractivity contribution in [3.05, 3.63) is 52.9 Å². The second-order valence-electron chi connectivity index (χ2n) is 7.44. The molecule has 7 heteroatoms. The molecule has 0 unspecified atom stereocenters. The molecule has 30 heavy (non-hydrogen) atoms. The molecule has 3 rings (SSSR count). The minimum absolute atomic E-state index is 0. The number of aromatic nitrogens is 3. The van der Waals surface area contributed by atoms with Gasteiger partial charge in [-0.3, -0.25) is 10.1 Å². The summed E-state index contributed by atoms with van der Waals surface area (Å²) in [6, 6.07) is 8.12. The lowest BCUT2D eigenvalue weighted by Crippen LogP contribution is -2.13. The number of nitrogens with zero attached hydrogens (tertiary/aromatic N) is 2. The van der Waals surface area contributed by atoms with Crippen molar-refractivity contribution in [1.82, 2.24) is 15.0 Å². The van der Waals surface area contributed by atoms with Gasteiger partial charge in [0.2, 0.25) is 0 Å². The van der Waals surface area contributed by atoms with Gasteiger partial charge < -0.3 is 4.98 Å². The van der Waals surface area contributed by atoms with E-state index in [4.69, 9.17) is 4.98 Å². The van der Waals surface area contributed by atoms with Gasteiger partial charge in [-0.05, 0) is 13.3 Å². The minimum Gasteiger partial charge on any atom is -0.337 e. The normalized spacial score (nSPS) is 10.6. The number of rotatable bonds is 11. The van der Waals surface area contributed by atoms with Crippen molar-refractivity contribution in [3.63, 3.8) is 0 Å². The van der Waals surface area contributed by atoms with Crippen LogP contribution >= 0.6 is 23.7 Å². The summed E-state index contributed by atoms with van der Waals surface area (Å²) in [5, 5.41) is 5.30. The number of hydrogen-bond donors (Lipinski definition) is 2. The van der Waals surface area contributed by atoms with Crippen molar-refractivity contribution in [2.45, 2.75) is 65.2 Å². The molecule has 0 aliphatic heterocycles. The van der Waals surface area contributed by atoms with Gasteiger partial charge in [0, 0.05) is 23.6 Å². The van der Waals surface area contributed by atoms with Crippen molar-refractivity contribution in [1.29, 1.82) is 0 Å². The number of amides is 1. The highest BCUT2D eigenvalue weighted by molar-refractivity contribution is 7.13. The number of carbonyl (C=O) groups excluding carboxylic acids is 1. The van der Waals surface area contributed by atoms with Crippen LogP contribution < -0.4 is 5.32 Å². The second-order valence-corrected chi connectivity index (χ2v) is 8.33. The Morgan fingerprint density at radius 3 is 2.43 bits per heavy atom. The van der Waals surface area contributed by atoms with Crippen LogP contribution in [0.4, 0.5) is 5.13 Å². The number of nitrogens with one attached hydrogen (secondary N) is 2. The zero-order chi connectivity index (χ0) is 20.5. The maximum Gasteiger partial charge on any atom is 0.276 e. The van der Waals surface area contributed by atoms with E-state index in [1.54, 1.807) is 6.20 Å². The molecule has 0 bridgehead atoms. The number of benzene rings is 1. The fourth-order valence-corrected chi connectivity index (χ4v) is 3.84. The summed E-state index contributed by atoms with van der Waals surface area (Å²) in [4.78, 5) is 25.0. The number of hydrogen-bond acceptors (Lipinski definition) is 4. The van der Waals surface area contributed by atoms with Crippen molar-refractivity contribution in [3.8, 4) is 11.3 Å². The SMILES string of the molecule is CCCCCCCCCc1nc(-c2ccc(C)cc2)c(C(=O)Nc2nccs2)[nH]1.Cl. The molecule has 0 spiro atoms. The quantitative estimate of drug-likeness (QED) is 0.318. The van der Waals surface area contributed by atoms with E-state index in [0.717, 1.165) is 24.2 Å². The van der Waals surface area contributed by atoms with Gasteiger partial charge >= 0.3 is 0 Å². The lowest BCUT2D eigenvalue weighted by atomic mass is 10.1.